The van der Waals surface area contributed by atoms with E-state index in [-0.39, 0.29) is 11.4 Å². The third-order valence-corrected chi connectivity index (χ3v) is 6.92. The Hall–Kier alpha value is -2.42. The number of nitrogens with zero attached hydrogens (tertiary/aromatic N) is 2. The zero-order valence-electron chi connectivity index (χ0n) is 18.3. The van der Waals surface area contributed by atoms with E-state index in [4.69, 9.17) is 4.74 Å². The minimum Gasteiger partial charge on any atom is -0.383 e. The summed E-state index contributed by atoms with van der Waals surface area (Å²) in [5.41, 5.74) is 2.38. The van der Waals surface area contributed by atoms with Crippen LogP contribution in [0, 0.1) is 5.92 Å². The molecule has 0 spiro atoms. The van der Waals surface area contributed by atoms with Crippen molar-refractivity contribution in [3.8, 4) is 0 Å². The third-order valence-electron chi connectivity index (χ3n) is 5.45. The van der Waals surface area contributed by atoms with Crippen LogP contribution >= 0.6 is 0 Å². The van der Waals surface area contributed by atoms with Gasteiger partial charge >= 0.3 is 0 Å². The number of rotatable bonds is 9. The van der Waals surface area contributed by atoms with Gasteiger partial charge in [-0.2, -0.15) is 0 Å². The fraction of sp³-hybridized carbons (Fsp3) is 0.435. The van der Waals surface area contributed by atoms with Gasteiger partial charge in [-0.25, -0.2) is 13.1 Å². The van der Waals surface area contributed by atoms with Crippen molar-refractivity contribution in [2.75, 3.05) is 40.4 Å². The van der Waals surface area contributed by atoms with Crippen LogP contribution in [0.1, 0.15) is 17.5 Å². The molecule has 31 heavy (non-hydrogen) atoms. The standard InChI is InChI=1S/C23H32N4O3S/c1-24-23(27-14-12-21(18-27)16-19-6-4-3-5-7-19)25-17-20-8-10-22(11-9-20)31(28,29)26-13-15-30-2/h3-11,21,26H,12-18H2,1-2H3,(H,24,25). The average molecular weight is 445 g/mol. The highest BCUT2D eigenvalue weighted by Gasteiger charge is 2.25. The summed E-state index contributed by atoms with van der Waals surface area (Å²) in [6, 6.07) is 17.5. The van der Waals surface area contributed by atoms with Gasteiger partial charge in [0.05, 0.1) is 11.5 Å². The SMILES string of the molecule is CN=C(NCc1ccc(S(=O)(=O)NCCOC)cc1)N1CCC(Cc2ccccc2)C1. The van der Waals surface area contributed by atoms with Crippen molar-refractivity contribution in [1.29, 1.82) is 0 Å². The molecule has 1 unspecified atom stereocenters. The molecule has 1 heterocycles. The van der Waals surface area contributed by atoms with E-state index in [2.05, 4.69) is 50.3 Å². The number of likely N-dealkylation sites (tertiary alicyclic amines) is 1. The van der Waals surface area contributed by atoms with E-state index >= 15 is 0 Å². The molecule has 1 atom stereocenters. The number of ether oxygens (including phenoxy) is 1. The predicted octanol–water partition coefficient (Wildman–Crippen LogP) is 2.25. The molecular formula is C23H32N4O3S. The van der Waals surface area contributed by atoms with Crippen molar-refractivity contribution in [1.82, 2.24) is 14.9 Å². The number of aliphatic imine (C=N–C) groups is 1. The Morgan fingerprint density at radius 2 is 1.87 bits per heavy atom. The van der Waals surface area contributed by atoms with E-state index < -0.39 is 10.0 Å². The normalized spacial score (nSPS) is 17.2. The molecule has 1 aliphatic rings. The molecule has 1 fully saturated rings. The Kier molecular flexibility index (Phi) is 8.45. The van der Waals surface area contributed by atoms with Gasteiger partial charge in [-0.15, -0.1) is 0 Å². The molecular weight excluding hydrogens is 412 g/mol. The Bertz CT molecular complexity index is 947. The van der Waals surface area contributed by atoms with Crippen molar-refractivity contribution in [3.63, 3.8) is 0 Å². The van der Waals surface area contributed by atoms with Crippen LogP contribution in [0.3, 0.4) is 0 Å². The minimum absolute atomic E-state index is 0.250. The van der Waals surface area contributed by atoms with Gasteiger partial charge in [0.25, 0.3) is 0 Å². The van der Waals surface area contributed by atoms with Crippen molar-refractivity contribution < 1.29 is 13.2 Å². The highest BCUT2D eigenvalue weighted by Crippen LogP contribution is 2.21. The summed E-state index contributed by atoms with van der Waals surface area (Å²) in [4.78, 5) is 6.99. The number of guanidine groups is 1. The molecule has 7 nitrogen and oxygen atoms in total. The van der Waals surface area contributed by atoms with E-state index in [0.29, 0.717) is 19.1 Å². The maximum absolute atomic E-state index is 12.3. The van der Waals surface area contributed by atoms with E-state index in [1.54, 1.807) is 19.2 Å². The summed E-state index contributed by atoms with van der Waals surface area (Å²) in [6.07, 6.45) is 2.24. The first-order valence-electron chi connectivity index (χ1n) is 10.6. The van der Waals surface area contributed by atoms with Crippen LogP contribution in [-0.4, -0.2) is 59.7 Å². The number of benzene rings is 2. The second kappa shape index (κ2) is 11.3. The summed E-state index contributed by atoms with van der Waals surface area (Å²) >= 11 is 0. The van der Waals surface area contributed by atoms with Gasteiger partial charge in [-0.3, -0.25) is 4.99 Å². The summed E-state index contributed by atoms with van der Waals surface area (Å²) in [5, 5.41) is 3.41. The fourth-order valence-corrected chi connectivity index (χ4v) is 4.81. The van der Waals surface area contributed by atoms with Crippen LogP contribution in [0.2, 0.25) is 0 Å². The summed E-state index contributed by atoms with van der Waals surface area (Å²) in [6.45, 7) is 3.15. The van der Waals surface area contributed by atoms with Crippen LogP contribution in [0.25, 0.3) is 0 Å². The second-order valence-corrected chi connectivity index (χ2v) is 9.49. The predicted molar refractivity (Wildman–Crippen MR) is 124 cm³/mol. The molecule has 0 aromatic heterocycles. The second-order valence-electron chi connectivity index (χ2n) is 7.73. The van der Waals surface area contributed by atoms with Gasteiger partial charge in [0, 0.05) is 40.3 Å². The van der Waals surface area contributed by atoms with Gasteiger partial charge < -0.3 is 15.0 Å². The van der Waals surface area contributed by atoms with Crippen LogP contribution in [0.15, 0.2) is 64.5 Å². The van der Waals surface area contributed by atoms with Crippen LogP contribution in [-0.2, 0) is 27.7 Å². The molecule has 2 aromatic carbocycles. The summed E-state index contributed by atoms with van der Waals surface area (Å²) in [7, 11) is -0.176. The molecule has 0 amide bonds. The van der Waals surface area contributed by atoms with E-state index in [1.807, 2.05) is 12.1 Å². The van der Waals surface area contributed by atoms with Crippen LogP contribution in [0.5, 0.6) is 0 Å². The average Bonchev–Trinajstić information content (AvgIpc) is 3.23. The Morgan fingerprint density at radius 3 is 2.55 bits per heavy atom. The molecule has 8 heteroatoms. The lowest BCUT2D eigenvalue weighted by molar-refractivity contribution is 0.204. The molecule has 0 aliphatic carbocycles. The van der Waals surface area contributed by atoms with Gasteiger partial charge in [0.2, 0.25) is 10.0 Å². The van der Waals surface area contributed by atoms with Crippen molar-refractivity contribution >= 4 is 16.0 Å². The smallest absolute Gasteiger partial charge is 0.240 e. The van der Waals surface area contributed by atoms with Crippen molar-refractivity contribution in [3.05, 3.63) is 65.7 Å². The third kappa shape index (κ3) is 6.78. The Balaban J connectivity index is 1.50. The molecule has 0 saturated carbocycles. The van der Waals surface area contributed by atoms with Crippen LogP contribution in [0.4, 0.5) is 0 Å². The zero-order chi connectivity index (χ0) is 22.1. The molecule has 0 bridgehead atoms. The van der Waals surface area contributed by atoms with Crippen LogP contribution < -0.4 is 10.0 Å². The maximum atomic E-state index is 12.3. The Morgan fingerprint density at radius 1 is 1.13 bits per heavy atom. The molecule has 1 aliphatic heterocycles. The number of methoxy groups -OCH3 is 1. The number of hydrogen-bond donors (Lipinski definition) is 2. The highest BCUT2D eigenvalue weighted by atomic mass is 32.2. The number of sulfonamides is 1. The lowest BCUT2D eigenvalue weighted by atomic mass is 9.99. The molecule has 2 aromatic rings. The number of hydrogen-bond acceptors (Lipinski definition) is 4. The van der Waals surface area contributed by atoms with Gasteiger partial charge in [-0.05, 0) is 42.0 Å². The lowest BCUT2D eigenvalue weighted by Gasteiger charge is -2.22. The first-order valence-corrected chi connectivity index (χ1v) is 12.1. The van der Waals surface area contributed by atoms with E-state index in [9.17, 15) is 8.42 Å². The first kappa shape index (κ1) is 23.2. The molecule has 1 saturated heterocycles. The zero-order valence-corrected chi connectivity index (χ0v) is 19.1. The van der Waals surface area contributed by atoms with Crippen molar-refractivity contribution in [2.24, 2.45) is 10.9 Å². The quantitative estimate of drug-likeness (QED) is 0.352. The molecule has 3 rings (SSSR count). The largest absolute Gasteiger partial charge is 0.383 e. The summed E-state index contributed by atoms with van der Waals surface area (Å²) in [5.74, 6) is 1.50. The molecule has 168 valence electrons. The summed E-state index contributed by atoms with van der Waals surface area (Å²) < 4.78 is 31.9. The maximum Gasteiger partial charge on any atom is 0.240 e. The van der Waals surface area contributed by atoms with Gasteiger partial charge in [0.1, 0.15) is 0 Å². The highest BCUT2D eigenvalue weighted by molar-refractivity contribution is 7.89. The lowest BCUT2D eigenvalue weighted by Crippen LogP contribution is -2.39. The van der Waals surface area contributed by atoms with Crippen molar-refractivity contribution in [2.45, 2.75) is 24.3 Å². The van der Waals surface area contributed by atoms with E-state index in [1.165, 1.54) is 12.7 Å². The van der Waals surface area contributed by atoms with Gasteiger partial charge in [-0.1, -0.05) is 42.5 Å². The minimum atomic E-state index is -3.51. The first-order chi connectivity index (χ1) is 15.0. The fourth-order valence-electron chi connectivity index (χ4n) is 3.80. The van der Waals surface area contributed by atoms with E-state index in [0.717, 1.165) is 37.5 Å². The van der Waals surface area contributed by atoms with Gasteiger partial charge in [0.15, 0.2) is 5.96 Å². The monoisotopic (exact) mass is 444 g/mol. The molecule has 2 N–H and O–H groups in total. The Labute approximate surface area is 185 Å². The number of nitrogens with one attached hydrogen (secondary N) is 2. The molecule has 0 radical (unpaired) electrons. The topological polar surface area (TPSA) is 83.0 Å².